The van der Waals surface area contributed by atoms with E-state index in [0.717, 1.165) is 6.26 Å². The lowest BCUT2D eigenvalue weighted by Crippen LogP contribution is -2.35. The van der Waals surface area contributed by atoms with Gasteiger partial charge in [-0.2, -0.15) is 0 Å². The summed E-state index contributed by atoms with van der Waals surface area (Å²) in [6.45, 7) is 2.28. The lowest BCUT2D eigenvalue weighted by atomic mass is 10.1. The van der Waals surface area contributed by atoms with Crippen molar-refractivity contribution in [2.45, 2.75) is 19.4 Å². The first kappa shape index (κ1) is 20.5. The highest BCUT2D eigenvalue weighted by Crippen LogP contribution is 2.41. The first-order valence-corrected chi connectivity index (χ1v) is 11.3. The molecule has 3 rings (SSSR count). The molecule has 1 aliphatic heterocycles. The Bertz CT molecular complexity index is 1010. The molecule has 0 saturated heterocycles. The molecule has 0 aromatic heterocycles. The zero-order valence-corrected chi connectivity index (χ0v) is 17.5. The molecule has 150 valence electrons. The van der Waals surface area contributed by atoms with Crippen molar-refractivity contribution in [2.24, 2.45) is 0 Å². The van der Waals surface area contributed by atoms with Gasteiger partial charge in [0, 0.05) is 22.5 Å². The molecule has 0 fully saturated rings. The normalized spacial score (nSPS) is 14.7. The smallest absolute Gasteiger partial charge is 0.232 e. The van der Waals surface area contributed by atoms with Gasteiger partial charge < -0.3 is 14.4 Å². The van der Waals surface area contributed by atoms with Crippen LogP contribution in [0.1, 0.15) is 24.1 Å². The first-order valence-electron chi connectivity index (χ1n) is 8.83. The van der Waals surface area contributed by atoms with Crippen LogP contribution in [-0.2, 0) is 21.1 Å². The molecule has 0 N–H and O–H groups in total. The molecule has 28 heavy (non-hydrogen) atoms. The Morgan fingerprint density at radius 3 is 2.61 bits per heavy atom. The second kappa shape index (κ2) is 8.01. The van der Waals surface area contributed by atoms with Crippen LogP contribution in [0, 0.1) is 0 Å². The number of amides is 1. The molecule has 0 aliphatic carbocycles. The molecule has 1 unspecified atom stereocenters. The first-order chi connectivity index (χ1) is 13.2. The number of ether oxygens (including phenoxy) is 2. The third kappa shape index (κ3) is 4.10. The van der Waals surface area contributed by atoms with Gasteiger partial charge in [0.1, 0.15) is 9.84 Å². The third-order valence-electron chi connectivity index (χ3n) is 4.59. The van der Waals surface area contributed by atoms with Crippen LogP contribution >= 0.6 is 11.6 Å². The van der Waals surface area contributed by atoms with Gasteiger partial charge in [-0.3, -0.25) is 4.79 Å². The Morgan fingerprint density at radius 1 is 1.21 bits per heavy atom. The fraction of sp³-hybridized carbons (Fsp3) is 0.350. The van der Waals surface area contributed by atoms with Gasteiger partial charge >= 0.3 is 0 Å². The number of halogens is 1. The molecule has 0 radical (unpaired) electrons. The molecule has 6 nitrogen and oxygen atoms in total. The summed E-state index contributed by atoms with van der Waals surface area (Å²) in [5.41, 5.74) is 2.00. The summed E-state index contributed by atoms with van der Waals surface area (Å²) in [6, 6.07) is 9.77. The van der Waals surface area contributed by atoms with Crippen LogP contribution in [-0.4, -0.2) is 40.1 Å². The lowest BCUT2D eigenvalue weighted by molar-refractivity contribution is -0.117. The summed E-state index contributed by atoms with van der Waals surface area (Å²) < 4.78 is 35.3. The molecule has 1 amide bonds. The molecular weight excluding hydrogens is 402 g/mol. The van der Waals surface area contributed by atoms with E-state index in [9.17, 15) is 13.2 Å². The summed E-state index contributed by atoms with van der Waals surface area (Å²) in [4.78, 5) is 14.4. The van der Waals surface area contributed by atoms with Crippen LogP contribution in [0.25, 0.3) is 0 Å². The Hall–Kier alpha value is -2.25. The van der Waals surface area contributed by atoms with Crippen molar-refractivity contribution in [3.05, 3.63) is 52.5 Å². The van der Waals surface area contributed by atoms with Crippen molar-refractivity contribution in [3.8, 4) is 11.5 Å². The SMILES string of the molecule is CCOc1cc(C(CS(C)(=O)=O)N2C(=O)Cc3c(Cl)cccc32)ccc1OC. The second-order valence-corrected chi connectivity index (χ2v) is 9.22. The molecule has 0 saturated carbocycles. The fourth-order valence-corrected chi connectivity index (χ4v) is 4.59. The molecule has 1 atom stereocenters. The highest BCUT2D eigenvalue weighted by Gasteiger charge is 2.37. The molecule has 1 heterocycles. The van der Waals surface area contributed by atoms with E-state index in [2.05, 4.69) is 0 Å². The minimum atomic E-state index is -3.38. The minimum Gasteiger partial charge on any atom is -0.493 e. The van der Waals surface area contributed by atoms with Crippen LogP contribution in [0.15, 0.2) is 36.4 Å². The predicted octanol–water partition coefficient (Wildman–Crippen LogP) is 3.42. The van der Waals surface area contributed by atoms with Crippen LogP contribution in [0.5, 0.6) is 11.5 Å². The van der Waals surface area contributed by atoms with Gasteiger partial charge in [0.05, 0.1) is 31.9 Å². The number of nitrogens with zero attached hydrogens (tertiary/aromatic N) is 1. The highest BCUT2D eigenvalue weighted by atomic mass is 35.5. The number of fused-ring (bicyclic) bond motifs is 1. The van der Waals surface area contributed by atoms with Crippen molar-refractivity contribution in [3.63, 3.8) is 0 Å². The van der Waals surface area contributed by atoms with Crippen molar-refractivity contribution < 1.29 is 22.7 Å². The Kier molecular flexibility index (Phi) is 5.86. The monoisotopic (exact) mass is 423 g/mol. The van der Waals surface area contributed by atoms with E-state index in [4.69, 9.17) is 21.1 Å². The number of carbonyl (C=O) groups excluding carboxylic acids is 1. The number of methoxy groups -OCH3 is 1. The average molecular weight is 424 g/mol. The van der Waals surface area contributed by atoms with E-state index in [1.54, 1.807) is 36.4 Å². The Balaban J connectivity index is 2.13. The van der Waals surface area contributed by atoms with Gasteiger partial charge in [0.15, 0.2) is 11.5 Å². The molecular formula is C20H22ClNO5S. The van der Waals surface area contributed by atoms with Gasteiger partial charge in [0.25, 0.3) is 0 Å². The molecule has 0 spiro atoms. The van der Waals surface area contributed by atoms with Gasteiger partial charge in [0.2, 0.25) is 5.91 Å². The maximum absolute atomic E-state index is 12.8. The number of hydrogen-bond donors (Lipinski definition) is 0. The Labute approximate surface area is 169 Å². The number of hydrogen-bond acceptors (Lipinski definition) is 5. The van der Waals surface area contributed by atoms with Crippen molar-refractivity contribution >= 4 is 33.0 Å². The van der Waals surface area contributed by atoms with Gasteiger partial charge in [-0.25, -0.2) is 8.42 Å². The molecule has 2 aromatic rings. The lowest BCUT2D eigenvalue weighted by Gasteiger charge is -2.29. The van der Waals surface area contributed by atoms with E-state index >= 15 is 0 Å². The third-order valence-corrected chi connectivity index (χ3v) is 5.87. The van der Waals surface area contributed by atoms with Crippen molar-refractivity contribution in [2.75, 3.05) is 30.6 Å². The number of anilines is 1. The summed E-state index contributed by atoms with van der Waals surface area (Å²) in [5, 5.41) is 0.496. The second-order valence-electron chi connectivity index (χ2n) is 6.63. The maximum atomic E-state index is 12.8. The Morgan fingerprint density at radius 2 is 1.96 bits per heavy atom. The van der Waals surface area contributed by atoms with E-state index in [-0.39, 0.29) is 18.1 Å². The van der Waals surface area contributed by atoms with E-state index in [1.807, 2.05) is 6.92 Å². The zero-order valence-electron chi connectivity index (χ0n) is 15.9. The quantitative estimate of drug-likeness (QED) is 0.682. The van der Waals surface area contributed by atoms with Gasteiger partial charge in [-0.1, -0.05) is 23.7 Å². The van der Waals surface area contributed by atoms with E-state index < -0.39 is 15.9 Å². The summed E-state index contributed by atoms with van der Waals surface area (Å²) in [7, 11) is -1.85. The van der Waals surface area contributed by atoms with Crippen LogP contribution in [0.4, 0.5) is 5.69 Å². The molecule has 0 bridgehead atoms. The van der Waals surface area contributed by atoms with E-state index in [1.165, 1.54) is 12.0 Å². The van der Waals surface area contributed by atoms with Gasteiger partial charge in [-0.15, -0.1) is 0 Å². The largest absolute Gasteiger partial charge is 0.493 e. The summed E-state index contributed by atoms with van der Waals surface area (Å²) >= 11 is 6.26. The number of benzene rings is 2. The maximum Gasteiger partial charge on any atom is 0.232 e. The van der Waals surface area contributed by atoms with Crippen LogP contribution in [0.3, 0.4) is 0 Å². The number of sulfone groups is 1. The summed E-state index contributed by atoms with van der Waals surface area (Å²) in [6.07, 6.45) is 1.30. The standard InChI is InChI=1S/C20H22ClNO5S/c1-4-27-19-10-13(8-9-18(19)26-2)17(12-28(3,24)25)22-16-7-5-6-15(21)14(16)11-20(22)23/h5-10,17H,4,11-12H2,1-3H3. The number of rotatable bonds is 7. The molecule has 8 heteroatoms. The van der Waals surface area contributed by atoms with Crippen molar-refractivity contribution in [1.82, 2.24) is 0 Å². The molecule has 1 aliphatic rings. The topological polar surface area (TPSA) is 72.9 Å². The van der Waals surface area contributed by atoms with Crippen LogP contribution < -0.4 is 14.4 Å². The highest BCUT2D eigenvalue weighted by molar-refractivity contribution is 7.90. The molecule has 2 aromatic carbocycles. The number of carbonyl (C=O) groups is 1. The summed E-state index contributed by atoms with van der Waals surface area (Å²) in [5.74, 6) is 0.632. The fourth-order valence-electron chi connectivity index (χ4n) is 3.44. The predicted molar refractivity (Wildman–Crippen MR) is 109 cm³/mol. The van der Waals surface area contributed by atoms with Crippen molar-refractivity contribution in [1.29, 1.82) is 0 Å². The van der Waals surface area contributed by atoms with Gasteiger partial charge in [-0.05, 0) is 36.8 Å². The average Bonchev–Trinajstić information content (AvgIpc) is 2.96. The van der Waals surface area contributed by atoms with Crippen LogP contribution in [0.2, 0.25) is 5.02 Å². The minimum absolute atomic E-state index is 0.143. The zero-order chi connectivity index (χ0) is 20.5. The van der Waals surface area contributed by atoms with E-state index in [0.29, 0.717) is 39.9 Å².